The van der Waals surface area contributed by atoms with Crippen molar-refractivity contribution in [2.45, 2.75) is 43.4 Å². The van der Waals surface area contributed by atoms with E-state index in [4.69, 9.17) is 22.1 Å². The maximum absolute atomic E-state index is 13.8. The van der Waals surface area contributed by atoms with Crippen molar-refractivity contribution in [1.82, 2.24) is 5.32 Å². The minimum absolute atomic E-state index is 0.00971. The first-order valence-electron chi connectivity index (χ1n) is 11.4. The number of ether oxygens (including phenoxy) is 1. The third-order valence-electron chi connectivity index (χ3n) is 7.66. The van der Waals surface area contributed by atoms with Crippen LogP contribution in [-0.2, 0) is 25.5 Å². The number of amides is 1. The number of rotatable bonds is 3. The van der Waals surface area contributed by atoms with E-state index in [1.807, 2.05) is 0 Å². The first-order valence-corrected chi connectivity index (χ1v) is 11.8. The van der Waals surface area contributed by atoms with Crippen LogP contribution in [-0.4, -0.2) is 68.8 Å². The average molecular weight is 505 g/mol. The summed E-state index contributed by atoms with van der Waals surface area (Å²) >= 11 is 6.31. The second-order valence-corrected chi connectivity index (χ2v) is 9.91. The van der Waals surface area contributed by atoms with Crippen LogP contribution in [0, 0.1) is 11.8 Å². The minimum Gasteiger partial charge on any atom is -0.508 e. The largest absolute Gasteiger partial charge is 0.508 e. The first kappa shape index (κ1) is 23.8. The summed E-state index contributed by atoms with van der Waals surface area (Å²) in [6.45, 7) is 0.913. The zero-order valence-electron chi connectivity index (χ0n) is 18.6. The molecule has 11 heteroatoms. The van der Waals surface area contributed by atoms with Crippen LogP contribution in [0.25, 0.3) is 5.76 Å². The molecule has 1 saturated heterocycles. The van der Waals surface area contributed by atoms with E-state index < -0.39 is 58.0 Å². The lowest BCUT2D eigenvalue weighted by atomic mass is 9.57. The van der Waals surface area contributed by atoms with E-state index in [1.54, 1.807) is 0 Å². The molecule has 0 bridgehead atoms. The Morgan fingerprint density at radius 1 is 1.17 bits per heavy atom. The number of benzene rings is 1. The van der Waals surface area contributed by atoms with Crippen LogP contribution in [0.15, 0.2) is 29.0 Å². The van der Waals surface area contributed by atoms with Gasteiger partial charge in [-0.05, 0) is 49.3 Å². The van der Waals surface area contributed by atoms with Gasteiger partial charge in [-0.2, -0.15) is 0 Å². The summed E-state index contributed by atoms with van der Waals surface area (Å²) in [6.07, 6.45) is 1.31. The SMILES string of the molecule is NC(=O)C1=C(O)C2(O)C(=O)C3=C(O)c4c(O)ccc(Cl)c4CC3CC2C(NC2CCOCC2)C1=O. The van der Waals surface area contributed by atoms with Gasteiger partial charge in [0.15, 0.2) is 11.4 Å². The number of aliphatic hydroxyl groups excluding tert-OH is 2. The number of Topliss-reactive ketones (excluding diaryl/α,β-unsaturated/α-hetero) is 2. The number of carbonyl (C=O) groups is 3. The number of ketones is 2. The van der Waals surface area contributed by atoms with Crippen molar-refractivity contribution in [2.75, 3.05) is 13.2 Å². The Morgan fingerprint density at radius 2 is 1.86 bits per heavy atom. The van der Waals surface area contributed by atoms with Gasteiger partial charge in [0.25, 0.3) is 5.91 Å². The van der Waals surface area contributed by atoms with Gasteiger partial charge in [0, 0.05) is 35.8 Å². The second kappa shape index (κ2) is 8.34. The lowest BCUT2D eigenvalue weighted by Gasteiger charge is -2.49. The lowest BCUT2D eigenvalue weighted by molar-refractivity contribution is -0.150. The molecule has 4 atom stereocenters. The number of primary amides is 1. The quantitative estimate of drug-likeness (QED) is 0.325. The van der Waals surface area contributed by atoms with Gasteiger partial charge in [-0.25, -0.2) is 0 Å². The summed E-state index contributed by atoms with van der Waals surface area (Å²) in [5.41, 5.74) is 2.06. The number of phenolic OH excluding ortho intramolecular Hbond substituents is 1. The molecule has 7 N–H and O–H groups in total. The first-order chi connectivity index (χ1) is 16.6. The third kappa shape index (κ3) is 3.39. The molecule has 3 aliphatic carbocycles. The molecule has 1 aromatic rings. The molecular formula is C24H25ClN2O8. The fourth-order valence-electron chi connectivity index (χ4n) is 5.95. The van der Waals surface area contributed by atoms with E-state index in [1.165, 1.54) is 12.1 Å². The monoisotopic (exact) mass is 504 g/mol. The molecule has 0 radical (unpaired) electrons. The number of halogens is 1. The van der Waals surface area contributed by atoms with Gasteiger partial charge in [0.1, 0.15) is 22.8 Å². The smallest absolute Gasteiger partial charge is 0.255 e. The van der Waals surface area contributed by atoms with Crippen LogP contribution in [0.5, 0.6) is 5.75 Å². The van der Waals surface area contributed by atoms with Gasteiger partial charge >= 0.3 is 0 Å². The highest BCUT2D eigenvalue weighted by molar-refractivity contribution is 6.32. The normalized spacial score (nSPS) is 31.2. The Kier molecular flexibility index (Phi) is 5.67. The standard InChI is InChI=1S/C24H25ClN2O8/c25-13-1-2-14(28)16-11(13)7-9-8-12-18(27-10-3-5-35-6-4-10)20(30)17(23(26)33)22(32)24(12,34)21(31)15(9)19(16)29/h1-2,9-10,12,18,27-29,32,34H,3-8H2,(H2,26,33). The molecule has 10 nitrogen and oxygen atoms in total. The van der Waals surface area contributed by atoms with E-state index in [9.17, 15) is 34.8 Å². The van der Waals surface area contributed by atoms with Gasteiger partial charge in [-0.15, -0.1) is 0 Å². The third-order valence-corrected chi connectivity index (χ3v) is 8.02. The molecule has 1 aromatic carbocycles. The Balaban J connectivity index is 1.66. The van der Waals surface area contributed by atoms with Crippen molar-refractivity contribution >= 4 is 34.8 Å². The zero-order chi connectivity index (χ0) is 25.2. The van der Waals surface area contributed by atoms with Gasteiger partial charge in [-0.3, -0.25) is 14.4 Å². The summed E-state index contributed by atoms with van der Waals surface area (Å²) in [5, 5.41) is 47.4. The topological polar surface area (TPSA) is 179 Å². The summed E-state index contributed by atoms with van der Waals surface area (Å²) in [7, 11) is 0. The molecule has 1 heterocycles. The van der Waals surface area contributed by atoms with Gasteiger partial charge < -0.3 is 36.2 Å². The van der Waals surface area contributed by atoms with Crippen LogP contribution in [0.4, 0.5) is 0 Å². The predicted octanol–water partition coefficient (Wildman–Crippen LogP) is 0.824. The summed E-state index contributed by atoms with van der Waals surface area (Å²) in [5.74, 6) is -6.91. The number of nitrogens with one attached hydrogen (secondary N) is 1. The molecule has 4 unspecified atom stereocenters. The number of hydrogen-bond donors (Lipinski definition) is 6. The highest BCUT2D eigenvalue weighted by Gasteiger charge is 2.63. The van der Waals surface area contributed by atoms with Crippen LogP contribution < -0.4 is 11.1 Å². The van der Waals surface area contributed by atoms with Gasteiger partial charge in [0.2, 0.25) is 5.78 Å². The number of carbonyl (C=O) groups excluding carboxylic acids is 3. The van der Waals surface area contributed by atoms with Crippen LogP contribution in [0.1, 0.15) is 30.4 Å². The zero-order valence-corrected chi connectivity index (χ0v) is 19.3. The Hall–Kier alpha value is -2.92. The molecular weight excluding hydrogens is 480 g/mol. The maximum atomic E-state index is 13.8. The van der Waals surface area contributed by atoms with Crippen LogP contribution >= 0.6 is 11.6 Å². The summed E-state index contributed by atoms with van der Waals surface area (Å²) in [6, 6.07) is 1.38. The van der Waals surface area contributed by atoms with Crippen molar-refractivity contribution < 1.29 is 39.5 Å². The number of fused-ring (bicyclic) bond motifs is 3. The minimum atomic E-state index is -2.67. The summed E-state index contributed by atoms with van der Waals surface area (Å²) in [4.78, 5) is 39.2. The molecule has 1 amide bonds. The molecule has 35 heavy (non-hydrogen) atoms. The van der Waals surface area contributed by atoms with Gasteiger partial charge in [0.05, 0.1) is 11.6 Å². The fraction of sp³-hybridized carbons (Fsp3) is 0.458. The number of aromatic hydroxyl groups is 1. The molecule has 0 aromatic heterocycles. The number of aliphatic hydroxyl groups is 3. The van der Waals surface area contributed by atoms with E-state index >= 15 is 0 Å². The van der Waals surface area contributed by atoms with Crippen molar-refractivity contribution in [1.29, 1.82) is 0 Å². The number of nitrogens with two attached hydrogens (primary N) is 1. The molecule has 1 aliphatic heterocycles. The van der Waals surface area contributed by atoms with Crippen molar-refractivity contribution in [3.05, 3.63) is 45.2 Å². The molecule has 2 fully saturated rings. The lowest BCUT2D eigenvalue weighted by Crippen LogP contribution is -2.67. The van der Waals surface area contributed by atoms with Crippen molar-refractivity contribution in [2.24, 2.45) is 17.6 Å². The highest BCUT2D eigenvalue weighted by atomic mass is 35.5. The van der Waals surface area contributed by atoms with E-state index in [-0.39, 0.29) is 40.8 Å². The molecule has 4 aliphatic rings. The predicted molar refractivity (Wildman–Crippen MR) is 123 cm³/mol. The highest BCUT2D eigenvalue weighted by Crippen LogP contribution is 2.52. The number of hydrogen-bond acceptors (Lipinski definition) is 9. The summed E-state index contributed by atoms with van der Waals surface area (Å²) < 4.78 is 5.35. The van der Waals surface area contributed by atoms with Crippen molar-refractivity contribution in [3.63, 3.8) is 0 Å². The Morgan fingerprint density at radius 3 is 2.51 bits per heavy atom. The van der Waals surface area contributed by atoms with Gasteiger partial charge in [-0.1, -0.05) is 11.6 Å². The second-order valence-electron chi connectivity index (χ2n) is 9.50. The number of phenols is 1. The molecule has 186 valence electrons. The fourth-order valence-corrected chi connectivity index (χ4v) is 6.18. The van der Waals surface area contributed by atoms with E-state index in [0.29, 0.717) is 31.6 Å². The van der Waals surface area contributed by atoms with E-state index in [2.05, 4.69) is 5.32 Å². The van der Waals surface area contributed by atoms with E-state index in [0.717, 1.165) is 0 Å². The van der Waals surface area contributed by atoms with Crippen molar-refractivity contribution in [3.8, 4) is 5.75 Å². The molecule has 0 spiro atoms. The maximum Gasteiger partial charge on any atom is 0.255 e. The average Bonchev–Trinajstić information content (AvgIpc) is 2.81. The molecule has 1 saturated carbocycles. The Bertz CT molecular complexity index is 1220. The van der Waals surface area contributed by atoms with Crippen LogP contribution in [0.2, 0.25) is 5.02 Å². The Labute approximate surface area is 205 Å². The molecule has 5 rings (SSSR count). The van der Waals surface area contributed by atoms with Crippen LogP contribution in [0.3, 0.4) is 0 Å².